The van der Waals surface area contributed by atoms with E-state index < -0.39 is 5.97 Å². The number of pyridine rings is 1. The second-order valence-corrected chi connectivity index (χ2v) is 5.19. The number of esters is 1. The average molecular weight is 334 g/mol. The highest BCUT2D eigenvalue weighted by Gasteiger charge is 2.23. The first kappa shape index (κ1) is 16.6. The number of ether oxygens (including phenoxy) is 1. The van der Waals surface area contributed by atoms with Crippen LogP contribution >= 0.6 is 0 Å². The normalized spacial score (nSPS) is 10.3. The predicted octanol–water partition coefficient (Wildman–Crippen LogP) is 3.42. The predicted molar refractivity (Wildman–Crippen MR) is 96.2 cm³/mol. The molecule has 1 aromatic carbocycles. The van der Waals surface area contributed by atoms with Crippen molar-refractivity contribution in [2.45, 2.75) is 6.92 Å². The summed E-state index contributed by atoms with van der Waals surface area (Å²) < 4.78 is 5.20. The Morgan fingerprint density at radius 2 is 1.76 bits per heavy atom. The number of nitrogens with zero attached hydrogens (tertiary/aromatic N) is 3. The topological polar surface area (TPSA) is 77.0 Å². The van der Waals surface area contributed by atoms with Crippen LogP contribution in [0.15, 0.2) is 54.9 Å². The number of carbonyl (C=O) groups is 1. The Hall–Kier alpha value is -3.28. The van der Waals surface area contributed by atoms with E-state index in [-0.39, 0.29) is 6.61 Å². The van der Waals surface area contributed by atoms with Gasteiger partial charge in [-0.15, -0.1) is 0 Å². The molecule has 0 saturated carbocycles. The summed E-state index contributed by atoms with van der Waals surface area (Å²) in [7, 11) is 1.72. The minimum atomic E-state index is -0.460. The first-order valence-corrected chi connectivity index (χ1v) is 7.97. The summed E-state index contributed by atoms with van der Waals surface area (Å²) in [6, 6.07) is 13.2. The van der Waals surface area contributed by atoms with E-state index in [1.165, 1.54) is 0 Å². The van der Waals surface area contributed by atoms with Crippen molar-refractivity contribution in [1.82, 2.24) is 15.0 Å². The number of benzene rings is 1. The Morgan fingerprint density at radius 3 is 2.40 bits per heavy atom. The second-order valence-electron chi connectivity index (χ2n) is 5.19. The van der Waals surface area contributed by atoms with Gasteiger partial charge in [-0.3, -0.25) is 4.98 Å². The van der Waals surface area contributed by atoms with Gasteiger partial charge in [-0.1, -0.05) is 30.3 Å². The molecule has 3 aromatic rings. The molecular formula is C19H18N4O2. The fraction of sp³-hybridized carbons (Fsp3) is 0.158. The molecule has 0 aliphatic rings. The van der Waals surface area contributed by atoms with Gasteiger partial charge in [0.05, 0.1) is 12.3 Å². The SMILES string of the molecule is CCOC(=O)c1c(NC)nc(-c2ccccc2)nc1-c1ccncc1. The second kappa shape index (κ2) is 7.53. The van der Waals surface area contributed by atoms with Crippen LogP contribution in [0.2, 0.25) is 0 Å². The highest BCUT2D eigenvalue weighted by molar-refractivity contribution is 6.01. The molecule has 0 spiro atoms. The van der Waals surface area contributed by atoms with Crippen molar-refractivity contribution >= 4 is 11.8 Å². The quantitative estimate of drug-likeness (QED) is 0.720. The van der Waals surface area contributed by atoms with Gasteiger partial charge in [0.25, 0.3) is 0 Å². The maximum Gasteiger partial charge on any atom is 0.344 e. The van der Waals surface area contributed by atoms with Crippen LogP contribution in [0.3, 0.4) is 0 Å². The molecule has 0 bridgehead atoms. The van der Waals surface area contributed by atoms with Crippen LogP contribution in [-0.2, 0) is 4.74 Å². The zero-order valence-corrected chi connectivity index (χ0v) is 14.1. The van der Waals surface area contributed by atoms with E-state index in [4.69, 9.17) is 4.74 Å². The molecule has 0 amide bonds. The summed E-state index contributed by atoms with van der Waals surface area (Å²) in [4.78, 5) is 25.7. The van der Waals surface area contributed by atoms with Gasteiger partial charge in [0.15, 0.2) is 5.82 Å². The number of aromatic nitrogens is 3. The first-order chi connectivity index (χ1) is 12.2. The van der Waals surface area contributed by atoms with Gasteiger partial charge < -0.3 is 10.1 Å². The molecule has 1 N–H and O–H groups in total. The molecule has 126 valence electrons. The largest absolute Gasteiger partial charge is 0.462 e. The number of carbonyl (C=O) groups excluding carboxylic acids is 1. The van der Waals surface area contributed by atoms with Gasteiger partial charge in [-0.05, 0) is 19.1 Å². The number of hydrogen-bond acceptors (Lipinski definition) is 6. The maximum atomic E-state index is 12.5. The lowest BCUT2D eigenvalue weighted by Gasteiger charge is -2.14. The maximum absolute atomic E-state index is 12.5. The molecule has 0 aliphatic carbocycles. The van der Waals surface area contributed by atoms with Gasteiger partial charge in [0, 0.05) is 30.6 Å². The lowest BCUT2D eigenvalue weighted by Crippen LogP contribution is -2.13. The van der Waals surface area contributed by atoms with Gasteiger partial charge in [0.2, 0.25) is 0 Å². The molecule has 2 heterocycles. The van der Waals surface area contributed by atoms with E-state index >= 15 is 0 Å². The van der Waals surface area contributed by atoms with E-state index in [1.54, 1.807) is 38.5 Å². The van der Waals surface area contributed by atoms with E-state index in [9.17, 15) is 4.79 Å². The van der Waals surface area contributed by atoms with Crippen LogP contribution < -0.4 is 5.32 Å². The minimum absolute atomic E-state index is 0.276. The Morgan fingerprint density at radius 1 is 1.04 bits per heavy atom. The van der Waals surface area contributed by atoms with Gasteiger partial charge in [0.1, 0.15) is 11.4 Å². The minimum Gasteiger partial charge on any atom is -0.462 e. The monoisotopic (exact) mass is 334 g/mol. The molecule has 0 atom stereocenters. The van der Waals surface area contributed by atoms with E-state index in [0.717, 1.165) is 11.1 Å². The standard InChI is InChI=1S/C19H18N4O2/c1-3-25-19(24)15-16(13-9-11-21-12-10-13)22-17(23-18(15)20-2)14-7-5-4-6-8-14/h4-12H,3H2,1-2H3,(H,20,22,23). The van der Waals surface area contributed by atoms with Gasteiger partial charge in [-0.2, -0.15) is 0 Å². The number of anilines is 1. The summed E-state index contributed by atoms with van der Waals surface area (Å²) in [5.41, 5.74) is 2.47. The fourth-order valence-corrected chi connectivity index (χ4v) is 2.47. The van der Waals surface area contributed by atoms with Crippen LogP contribution in [0.4, 0.5) is 5.82 Å². The molecule has 0 fully saturated rings. The van der Waals surface area contributed by atoms with Crippen LogP contribution in [0.5, 0.6) is 0 Å². The molecular weight excluding hydrogens is 316 g/mol. The molecule has 3 rings (SSSR count). The van der Waals surface area contributed by atoms with Crippen LogP contribution in [0.25, 0.3) is 22.6 Å². The van der Waals surface area contributed by atoms with E-state index in [1.807, 2.05) is 30.3 Å². The third kappa shape index (κ3) is 3.47. The van der Waals surface area contributed by atoms with Crippen LogP contribution in [-0.4, -0.2) is 34.6 Å². The Balaban J connectivity index is 2.25. The lowest BCUT2D eigenvalue weighted by molar-refractivity contribution is 0.0527. The Labute approximate surface area is 145 Å². The van der Waals surface area contributed by atoms with E-state index in [0.29, 0.717) is 22.9 Å². The van der Waals surface area contributed by atoms with Crippen molar-refractivity contribution in [3.8, 4) is 22.6 Å². The van der Waals surface area contributed by atoms with Crippen molar-refractivity contribution in [3.63, 3.8) is 0 Å². The van der Waals surface area contributed by atoms with Crippen molar-refractivity contribution in [2.75, 3.05) is 19.0 Å². The number of hydrogen-bond donors (Lipinski definition) is 1. The molecule has 0 aliphatic heterocycles. The average Bonchev–Trinajstić information content (AvgIpc) is 2.68. The summed E-state index contributed by atoms with van der Waals surface area (Å²) in [5, 5.41) is 2.99. The van der Waals surface area contributed by atoms with E-state index in [2.05, 4.69) is 20.3 Å². The van der Waals surface area contributed by atoms with Crippen LogP contribution in [0.1, 0.15) is 17.3 Å². The van der Waals surface area contributed by atoms with Gasteiger partial charge >= 0.3 is 5.97 Å². The van der Waals surface area contributed by atoms with Crippen molar-refractivity contribution in [3.05, 3.63) is 60.4 Å². The third-order valence-corrected chi connectivity index (χ3v) is 3.61. The summed E-state index contributed by atoms with van der Waals surface area (Å²) in [6.07, 6.45) is 3.32. The summed E-state index contributed by atoms with van der Waals surface area (Å²) in [5.74, 6) is 0.502. The third-order valence-electron chi connectivity index (χ3n) is 3.61. The fourth-order valence-electron chi connectivity index (χ4n) is 2.47. The molecule has 0 unspecified atom stereocenters. The summed E-state index contributed by atoms with van der Waals surface area (Å²) in [6.45, 7) is 2.04. The van der Waals surface area contributed by atoms with Crippen molar-refractivity contribution in [2.24, 2.45) is 0 Å². The smallest absolute Gasteiger partial charge is 0.344 e. The van der Waals surface area contributed by atoms with Crippen molar-refractivity contribution < 1.29 is 9.53 Å². The lowest BCUT2D eigenvalue weighted by atomic mass is 10.1. The molecule has 0 radical (unpaired) electrons. The Bertz CT molecular complexity index is 867. The zero-order valence-electron chi connectivity index (χ0n) is 14.1. The van der Waals surface area contributed by atoms with Gasteiger partial charge in [-0.25, -0.2) is 14.8 Å². The molecule has 2 aromatic heterocycles. The van der Waals surface area contributed by atoms with Crippen LogP contribution in [0, 0.1) is 0 Å². The zero-order chi connectivity index (χ0) is 17.6. The molecule has 0 saturated heterocycles. The molecule has 6 heteroatoms. The first-order valence-electron chi connectivity index (χ1n) is 7.97. The number of nitrogens with one attached hydrogen (secondary N) is 1. The van der Waals surface area contributed by atoms with Crippen molar-refractivity contribution in [1.29, 1.82) is 0 Å². The molecule has 6 nitrogen and oxygen atoms in total. The summed E-state index contributed by atoms with van der Waals surface area (Å²) >= 11 is 0. The molecule has 25 heavy (non-hydrogen) atoms. The highest BCUT2D eigenvalue weighted by atomic mass is 16.5. The highest BCUT2D eigenvalue weighted by Crippen LogP contribution is 2.30. The Kier molecular flexibility index (Phi) is 4.99. The number of rotatable bonds is 5.